The fraction of sp³-hybridized carbons (Fsp3) is 0.222. The monoisotopic (exact) mass is 332 g/mol. The van der Waals surface area contributed by atoms with Crippen molar-refractivity contribution < 1.29 is 18.3 Å². The van der Waals surface area contributed by atoms with E-state index >= 15 is 0 Å². The van der Waals surface area contributed by atoms with Crippen molar-refractivity contribution >= 4 is 12.0 Å². The summed E-state index contributed by atoms with van der Waals surface area (Å²) in [7, 11) is 0. The van der Waals surface area contributed by atoms with Gasteiger partial charge >= 0.3 is 6.61 Å². The van der Waals surface area contributed by atoms with Crippen molar-refractivity contribution in [3.63, 3.8) is 0 Å². The molecule has 1 heterocycles. The average molecular weight is 332 g/mol. The molecule has 0 N–H and O–H groups in total. The van der Waals surface area contributed by atoms with Gasteiger partial charge in [0.05, 0.1) is 0 Å². The van der Waals surface area contributed by atoms with Gasteiger partial charge in [-0.05, 0) is 38.1 Å². The van der Waals surface area contributed by atoms with Gasteiger partial charge in [0, 0.05) is 23.9 Å². The molecule has 126 valence electrons. The average Bonchev–Trinajstić information content (AvgIpc) is 2.53. The van der Waals surface area contributed by atoms with Gasteiger partial charge in [0.2, 0.25) is 0 Å². The van der Waals surface area contributed by atoms with E-state index in [1.807, 2.05) is 13.8 Å². The second kappa shape index (κ2) is 8.19. The highest BCUT2D eigenvalue weighted by Crippen LogP contribution is 2.21. The second-order valence-corrected chi connectivity index (χ2v) is 5.24. The van der Waals surface area contributed by atoms with Crippen LogP contribution in [-0.4, -0.2) is 23.1 Å². The van der Waals surface area contributed by atoms with Crippen LogP contribution in [0.15, 0.2) is 59.7 Å². The van der Waals surface area contributed by atoms with Gasteiger partial charge in [-0.3, -0.25) is 14.4 Å². The zero-order chi connectivity index (χ0) is 17.5. The highest BCUT2D eigenvalue weighted by Gasteiger charge is 2.08. The number of hydrogen-bond acceptors (Lipinski definition) is 3. The molecule has 0 spiro atoms. The number of benzene rings is 1. The summed E-state index contributed by atoms with van der Waals surface area (Å²) in [6, 6.07) is 11.6. The Bertz CT molecular complexity index is 795. The molecule has 0 saturated heterocycles. The molecule has 4 nitrogen and oxygen atoms in total. The SMILES string of the molecule is CC(C)N=c1ccccn1C(=O)C=Cc1ccccc1OC(F)F. The van der Waals surface area contributed by atoms with E-state index in [9.17, 15) is 13.6 Å². The summed E-state index contributed by atoms with van der Waals surface area (Å²) in [4.78, 5) is 16.8. The normalized spacial score (nSPS) is 12.3. The van der Waals surface area contributed by atoms with Crippen LogP contribution in [0.5, 0.6) is 5.75 Å². The first-order chi connectivity index (χ1) is 11.5. The van der Waals surface area contributed by atoms with Crippen LogP contribution < -0.4 is 10.2 Å². The van der Waals surface area contributed by atoms with Crippen molar-refractivity contribution in [2.24, 2.45) is 4.99 Å². The number of rotatable bonds is 5. The molecule has 0 aliphatic heterocycles. The van der Waals surface area contributed by atoms with Crippen molar-refractivity contribution in [3.8, 4) is 5.75 Å². The summed E-state index contributed by atoms with van der Waals surface area (Å²) in [6.45, 7) is 0.903. The second-order valence-electron chi connectivity index (χ2n) is 5.24. The van der Waals surface area contributed by atoms with E-state index in [1.165, 1.54) is 22.8 Å². The quantitative estimate of drug-likeness (QED) is 0.783. The van der Waals surface area contributed by atoms with Gasteiger partial charge in [0.25, 0.3) is 5.91 Å². The number of hydrogen-bond donors (Lipinski definition) is 0. The molecule has 2 rings (SSSR count). The Labute approximate surface area is 138 Å². The fourth-order valence-corrected chi connectivity index (χ4v) is 2.05. The molecule has 0 saturated carbocycles. The van der Waals surface area contributed by atoms with Gasteiger partial charge in [0.15, 0.2) is 0 Å². The van der Waals surface area contributed by atoms with Crippen LogP contribution in [0.2, 0.25) is 0 Å². The number of allylic oxidation sites excluding steroid dienone is 1. The molecular weight excluding hydrogens is 314 g/mol. The van der Waals surface area contributed by atoms with E-state index in [4.69, 9.17) is 0 Å². The maximum Gasteiger partial charge on any atom is 0.387 e. The summed E-state index contributed by atoms with van der Waals surface area (Å²) >= 11 is 0. The van der Waals surface area contributed by atoms with Gasteiger partial charge in [-0.1, -0.05) is 24.3 Å². The zero-order valence-electron chi connectivity index (χ0n) is 13.4. The number of nitrogens with zero attached hydrogens (tertiary/aromatic N) is 2. The Morgan fingerprint density at radius 3 is 2.58 bits per heavy atom. The standard InChI is InChI=1S/C18H18F2N2O2/c1-13(2)21-16-9-5-6-12-22(16)17(23)11-10-14-7-3-4-8-15(14)24-18(19)20/h3-13,18H,1-2H3. The van der Waals surface area contributed by atoms with Crippen molar-refractivity contribution in [2.45, 2.75) is 26.5 Å². The molecule has 0 aliphatic rings. The predicted molar refractivity (Wildman–Crippen MR) is 87.9 cm³/mol. The molecule has 0 bridgehead atoms. The number of para-hydroxylation sites is 1. The number of halogens is 2. The first kappa shape index (κ1) is 17.6. The molecule has 0 unspecified atom stereocenters. The van der Waals surface area contributed by atoms with Crippen molar-refractivity contribution in [1.82, 2.24) is 4.57 Å². The lowest BCUT2D eigenvalue weighted by Gasteiger charge is -2.07. The van der Waals surface area contributed by atoms with E-state index in [-0.39, 0.29) is 17.7 Å². The van der Waals surface area contributed by atoms with E-state index in [1.54, 1.807) is 42.6 Å². The van der Waals surface area contributed by atoms with Crippen LogP contribution in [0.25, 0.3) is 6.08 Å². The highest BCUT2D eigenvalue weighted by molar-refractivity contribution is 5.93. The number of carbonyl (C=O) groups is 1. The third-order valence-corrected chi connectivity index (χ3v) is 3.01. The minimum absolute atomic E-state index is 0.0155. The first-order valence-corrected chi connectivity index (χ1v) is 7.45. The van der Waals surface area contributed by atoms with Crippen LogP contribution in [0.3, 0.4) is 0 Å². The summed E-state index contributed by atoms with van der Waals surface area (Å²) in [5, 5.41) is 0. The van der Waals surface area contributed by atoms with Crippen molar-refractivity contribution in [1.29, 1.82) is 0 Å². The molecule has 0 fully saturated rings. The molecule has 6 heteroatoms. The van der Waals surface area contributed by atoms with Gasteiger partial charge in [0.1, 0.15) is 11.2 Å². The number of carbonyl (C=O) groups excluding carboxylic acids is 1. The Kier molecular flexibility index (Phi) is 6.01. The van der Waals surface area contributed by atoms with E-state index < -0.39 is 6.61 Å². The molecule has 1 aromatic heterocycles. The predicted octanol–water partition coefficient (Wildman–Crippen LogP) is 3.75. The Morgan fingerprint density at radius 1 is 1.17 bits per heavy atom. The number of ether oxygens (including phenoxy) is 1. The molecule has 0 atom stereocenters. The highest BCUT2D eigenvalue weighted by atomic mass is 19.3. The minimum atomic E-state index is -2.92. The Balaban J connectivity index is 2.30. The van der Waals surface area contributed by atoms with Crippen molar-refractivity contribution in [3.05, 3.63) is 65.8 Å². The number of alkyl halides is 2. The van der Waals surface area contributed by atoms with Gasteiger partial charge in [-0.15, -0.1) is 0 Å². The summed E-state index contributed by atoms with van der Waals surface area (Å²) in [5.41, 5.74) is 0.921. The Hall–Kier alpha value is -2.76. The van der Waals surface area contributed by atoms with Gasteiger partial charge in [-0.2, -0.15) is 8.78 Å². The van der Waals surface area contributed by atoms with Crippen molar-refractivity contribution in [2.75, 3.05) is 0 Å². The molecule has 24 heavy (non-hydrogen) atoms. The minimum Gasteiger partial charge on any atom is -0.434 e. The van der Waals surface area contributed by atoms with Crippen LogP contribution in [0, 0.1) is 0 Å². The van der Waals surface area contributed by atoms with E-state index in [0.29, 0.717) is 11.1 Å². The van der Waals surface area contributed by atoms with Gasteiger partial charge in [-0.25, -0.2) is 0 Å². The zero-order valence-corrected chi connectivity index (χ0v) is 13.4. The Morgan fingerprint density at radius 2 is 1.88 bits per heavy atom. The van der Waals surface area contributed by atoms with E-state index in [0.717, 1.165) is 0 Å². The summed E-state index contributed by atoms with van der Waals surface area (Å²) in [5.74, 6) is -0.316. The summed E-state index contributed by atoms with van der Waals surface area (Å²) < 4.78 is 30.7. The number of pyridine rings is 1. The lowest BCUT2D eigenvalue weighted by atomic mass is 10.2. The maximum atomic E-state index is 12.4. The molecule has 2 aromatic rings. The fourth-order valence-electron chi connectivity index (χ4n) is 2.05. The lowest BCUT2D eigenvalue weighted by Crippen LogP contribution is -2.26. The maximum absolute atomic E-state index is 12.4. The van der Waals surface area contributed by atoms with Gasteiger partial charge < -0.3 is 4.74 Å². The molecular formula is C18H18F2N2O2. The molecule has 0 radical (unpaired) electrons. The number of aromatic nitrogens is 1. The van der Waals surface area contributed by atoms with Crippen LogP contribution >= 0.6 is 0 Å². The largest absolute Gasteiger partial charge is 0.434 e. The smallest absolute Gasteiger partial charge is 0.387 e. The third kappa shape index (κ3) is 4.87. The molecule has 1 aromatic carbocycles. The molecule has 0 aliphatic carbocycles. The van der Waals surface area contributed by atoms with Crippen LogP contribution in [-0.2, 0) is 0 Å². The van der Waals surface area contributed by atoms with Crippen LogP contribution in [0.4, 0.5) is 8.78 Å². The third-order valence-electron chi connectivity index (χ3n) is 3.01. The lowest BCUT2D eigenvalue weighted by molar-refractivity contribution is -0.0499. The van der Waals surface area contributed by atoms with Crippen LogP contribution in [0.1, 0.15) is 24.2 Å². The first-order valence-electron chi connectivity index (χ1n) is 7.45. The van der Waals surface area contributed by atoms with E-state index in [2.05, 4.69) is 9.73 Å². The molecule has 0 amide bonds. The summed E-state index contributed by atoms with van der Waals surface area (Å²) in [6.07, 6.45) is 4.35. The topological polar surface area (TPSA) is 43.6 Å².